The van der Waals surface area contributed by atoms with E-state index in [1.54, 1.807) is 7.11 Å². The number of hydrogen-bond donors (Lipinski definition) is 0. The molecule has 0 saturated heterocycles. The Kier molecular flexibility index (Phi) is 4.00. The molecule has 3 rings (SSSR count). The van der Waals surface area contributed by atoms with E-state index < -0.39 is 0 Å². The molecule has 1 aliphatic heterocycles. The van der Waals surface area contributed by atoms with Gasteiger partial charge in [0.05, 0.1) is 7.11 Å². The normalized spacial score (nSPS) is 14.0. The van der Waals surface area contributed by atoms with Crippen molar-refractivity contribution < 1.29 is 14.2 Å². The Bertz CT molecular complexity index is 622. The molecule has 1 heterocycles. The minimum atomic E-state index is 0.331. The lowest BCUT2D eigenvalue weighted by molar-refractivity contribution is 0.174. The molecular weight excluding hydrogens is 264 g/mol. The number of ether oxygens (including phenoxy) is 3. The van der Waals surface area contributed by atoms with Crippen LogP contribution >= 0.6 is 0 Å². The Morgan fingerprint density at radius 3 is 2.57 bits per heavy atom. The zero-order chi connectivity index (χ0) is 14.7. The summed E-state index contributed by atoms with van der Waals surface area (Å²) in [7, 11) is 1.70. The van der Waals surface area contributed by atoms with Crippen LogP contribution in [0.3, 0.4) is 0 Å². The molecule has 21 heavy (non-hydrogen) atoms. The molecular formula is C18H20O3. The number of rotatable bonds is 5. The van der Waals surface area contributed by atoms with Crippen molar-refractivity contribution >= 4 is 0 Å². The second kappa shape index (κ2) is 6.08. The topological polar surface area (TPSA) is 27.7 Å². The molecule has 1 unspecified atom stereocenters. The average Bonchev–Trinajstić information content (AvgIpc) is 2.95. The van der Waals surface area contributed by atoms with Gasteiger partial charge in [-0.2, -0.15) is 0 Å². The first-order valence-electron chi connectivity index (χ1n) is 7.26. The second-order valence-corrected chi connectivity index (χ2v) is 5.55. The largest absolute Gasteiger partial charge is 0.497 e. The van der Waals surface area contributed by atoms with E-state index in [2.05, 4.69) is 31.2 Å². The predicted octanol–water partition coefficient (Wildman–Crippen LogP) is 3.85. The van der Waals surface area contributed by atoms with Gasteiger partial charge >= 0.3 is 0 Å². The highest BCUT2D eigenvalue weighted by Gasteiger charge is 2.14. The van der Waals surface area contributed by atoms with Gasteiger partial charge in [0, 0.05) is 0 Å². The molecule has 0 radical (unpaired) electrons. The molecule has 0 N–H and O–H groups in total. The van der Waals surface area contributed by atoms with E-state index in [0.29, 0.717) is 12.7 Å². The van der Waals surface area contributed by atoms with Gasteiger partial charge in [-0.15, -0.1) is 0 Å². The van der Waals surface area contributed by atoms with Gasteiger partial charge in [0.25, 0.3) is 0 Å². The Morgan fingerprint density at radius 2 is 1.76 bits per heavy atom. The highest BCUT2D eigenvalue weighted by atomic mass is 16.7. The fourth-order valence-corrected chi connectivity index (χ4v) is 2.74. The van der Waals surface area contributed by atoms with Crippen LogP contribution in [-0.2, 0) is 12.8 Å². The molecule has 0 fully saturated rings. The van der Waals surface area contributed by atoms with Crippen LogP contribution in [0.1, 0.15) is 18.1 Å². The smallest absolute Gasteiger partial charge is 0.231 e. The first-order valence-corrected chi connectivity index (χ1v) is 7.26. The van der Waals surface area contributed by atoms with Crippen molar-refractivity contribution in [3.63, 3.8) is 0 Å². The molecule has 3 nitrogen and oxygen atoms in total. The maximum atomic E-state index is 5.43. The second-order valence-electron chi connectivity index (χ2n) is 5.55. The van der Waals surface area contributed by atoms with E-state index in [9.17, 15) is 0 Å². The first kappa shape index (κ1) is 13.8. The maximum absolute atomic E-state index is 5.43. The summed E-state index contributed by atoms with van der Waals surface area (Å²) in [5.41, 5.74) is 2.59. The van der Waals surface area contributed by atoms with Crippen molar-refractivity contribution in [2.45, 2.75) is 19.8 Å². The first-order chi connectivity index (χ1) is 10.2. The fourth-order valence-electron chi connectivity index (χ4n) is 2.74. The van der Waals surface area contributed by atoms with Gasteiger partial charge in [0.1, 0.15) is 5.75 Å². The van der Waals surface area contributed by atoms with E-state index in [0.717, 1.165) is 30.1 Å². The van der Waals surface area contributed by atoms with E-state index in [1.165, 1.54) is 11.1 Å². The summed E-state index contributed by atoms with van der Waals surface area (Å²) in [5.74, 6) is 3.18. The fraction of sp³-hybridized carbons (Fsp3) is 0.333. The molecule has 0 spiro atoms. The molecule has 0 amide bonds. The van der Waals surface area contributed by atoms with Crippen LogP contribution in [0, 0.1) is 5.92 Å². The molecule has 2 aromatic rings. The van der Waals surface area contributed by atoms with Gasteiger partial charge in [-0.05, 0) is 54.2 Å². The third kappa shape index (κ3) is 3.30. The Morgan fingerprint density at radius 1 is 1.00 bits per heavy atom. The summed E-state index contributed by atoms with van der Waals surface area (Å²) in [6.07, 6.45) is 2.06. The highest BCUT2D eigenvalue weighted by molar-refractivity contribution is 5.44. The van der Waals surface area contributed by atoms with Gasteiger partial charge in [-0.1, -0.05) is 25.1 Å². The van der Waals surface area contributed by atoms with E-state index in [-0.39, 0.29) is 0 Å². The standard InChI is InChI=1S/C18H20O3/c1-13(8-14-4-3-5-16(10-14)19-2)9-15-6-7-17-18(11-15)21-12-20-17/h3-7,10-11,13H,8-9,12H2,1-2H3. The third-order valence-electron chi connectivity index (χ3n) is 3.74. The van der Waals surface area contributed by atoms with Gasteiger partial charge < -0.3 is 14.2 Å². The summed E-state index contributed by atoms with van der Waals surface area (Å²) < 4.78 is 16.0. The lowest BCUT2D eigenvalue weighted by Gasteiger charge is -2.13. The maximum Gasteiger partial charge on any atom is 0.231 e. The Hall–Kier alpha value is -2.16. The van der Waals surface area contributed by atoms with Crippen molar-refractivity contribution in [1.29, 1.82) is 0 Å². The zero-order valence-electron chi connectivity index (χ0n) is 12.5. The van der Waals surface area contributed by atoms with Gasteiger partial charge in [0.15, 0.2) is 11.5 Å². The molecule has 3 heteroatoms. The number of methoxy groups -OCH3 is 1. The number of benzene rings is 2. The molecule has 1 aliphatic rings. The van der Waals surface area contributed by atoms with Crippen molar-refractivity contribution in [2.24, 2.45) is 5.92 Å². The lowest BCUT2D eigenvalue weighted by atomic mass is 9.94. The van der Waals surface area contributed by atoms with Gasteiger partial charge in [0.2, 0.25) is 6.79 Å². The number of fused-ring (bicyclic) bond motifs is 1. The van der Waals surface area contributed by atoms with Crippen molar-refractivity contribution in [3.05, 3.63) is 53.6 Å². The van der Waals surface area contributed by atoms with E-state index in [4.69, 9.17) is 14.2 Å². The summed E-state index contributed by atoms with van der Waals surface area (Å²) in [6.45, 7) is 2.60. The summed E-state index contributed by atoms with van der Waals surface area (Å²) in [5, 5.41) is 0. The van der Waals surface area contributed by atoms with Crippen LogP contribution in [0.2, 0.25) is 0 Å². The van der Waals surface area contributed by atoms with Gasteiger partial charge in [-0.25, -0.2) is 0 Å². The molecule has 1 atom stereocenters. The van der Waals surface area contributed by atoms with Crippen LogP contribution in [0.25, 0.3) is 0 Å². The van der Waals surface area contributed by atoms with Crippen LogP contribution in [0.15, 0.2) is 42.5 Å². The number of hydrogen-bond acceptors (Lipinski definition) is 3. The zero-order valence-corrected chi connectivity index (χ0v) is 12.5. The van der Waals surface area contributed by atoms with Crippen LogP contribution in [0.4, 0.5) is 0 Å². The van der Waals surface area contributed by atoms with Crippen molar-refractivity contribution in [1.82, 2.24) is 0 Å². The quantitative estimate of drug-likeness (QED) is 0.834. The van der Waals surface area contributed by atoms with Crippen LogP contribution < -0.4 is 14.2 Å². The van der Waals surface area contributed by atoms with E-state index >= 15 is 0 Å². The van der Waals surface area contributed by atoms with Crippen LogP contribution in [-0.4, -0.2) is 13.9 Å². The summed E-state index contributed by atoms with van der Waals surface area (Å²) >= 11 is 0. The molecule has 0 aliphatic carbocycles. The van der Waals surface area contributed by atoms with Crippen molar-refractivity contribution in [3.8, 4) is 17.2 Å². The molecule has 0 bridgehead atoms. The summed E-state index contributed by atoms with van der Waals surface area (Å²) in [4.78, 5) is 0. The Balaban J connectivity index is 1.64. The molecule has 0 saturated carbocycles. The monoisotopic (exact) mass is 284 g/mol. The highest BCUT2D eigenvalue weighted by Crippen LogP contribution is 2.33. The SMILES string of the molecule is COc1cccc(CC(C)Cc2ccc3c(c2)OCO3)c1. The Labute approximate surface area is 125 Å². The van der Waals surface area contributed by atoms with Crippen LogP contribution in [0.5, 0.6) is 17.2 Å². The lowest BCUT2D eigenvalue weighted by Crippen LogP contribution is -2.04. The minimum Gasteiger partial charge on any atom is -0.497 e. The predicted molar refractivity (Wildman–Crippen MR) is 82.1 cm³/mol. The minimum absolute atomic E-state index is 0.331. The molecule has 110 valence electrons. The van der Waals surface area contributed by atoms with E-state index in [1.807, 2.05) is 18.2 Å². The summed E-state index contributed by atoms with van der Waals surface area (Å²) in [6, 6.07) is 14.5. The average molecular weight is 284 g/mol. The van der Waals surface area contributed by atoms with Gasteiger partial charge in [-0.3, -0.25) is 0 Å². The third-order valence-corrected chi connectivity index (χ3v) is 3.74. The van der Waals surface area contributed by atoms with Crippen molar-refractivity contribution in [2.75, 3.05) is 13.9 Å². The molecule has 0 aromatic heterocycles. The molecule has 2 aromatic carbocycles.